The Balaban J connectivity index is 1.71. The molecule has 138 valence electrons. The molecule has 0 unspecified atom stereocenters. The highest BCUT2D eigenvalue weighted by Gasteiger charge is 2.31. The van der Waals surface area contributed by atoms with Crippen LogP contribution in [0.4, 0.5) is 0 Å². The fourth-order valence-corrected chi connectivity index (χ4v) is 3.84. The zero-order valence-corrected chi connectivity index (χ0v) is 15.4. The number of benzene rings is 1. The van der Waals surface area contributed by atoms with E-state index in [9.17, 15) is 9.90 Å². The predicted octanol–water partition coefficient (Wildman–Crippen LogP) is 1.91. The first-order chi connectivity index (χ1) is 12.9. The molecule has 3 aromatic rings. The SMILES string of the molecule is C[C@@H](O)c1ncc2n1[C@@H](C)CN(C(=O)c1c3ccc(C#N)cc3nn1C)C2. The molecule has 0 fully saturated rings. The highest BCUT2D eigenvalue weighted by molar-refractivity contribution is 6.05. The van der Waals surface area contributed by atoms with Crippen LogP contribution >= 0.6 is 0 Å². The number of nitrogens with zero attached hydrogens (tertiary/aromatic N) is 6. The number of rotatable bonds is 2. The minimum atomic E-state index is -0.654. The minimum absolute atomic E-state index is 0.00878. The number of hydrogen-bond donors (Lipinski definition) is 1. The zero-order valence-electron chi connectivity index (χ0n) is 15.4. The average molecular weight is 364 g/mol. The normalized spacial score (nSPS) is 17.6. The molecule has 0 saturated carbocycles. The molecule has 3 heterocycles. The van der Waals surface area contributed by atoms with E-state index in [1.807, 2.05) is 11.5 Å². The Bertz CT molecular complexity index is 1090. The van der Waals surface area contributed by atoms with Gasteiger partial charge < -0.3 is 14.6 Å². The van der Waals surface area contributed by atoms with E-state index < -0.39 is 6.10 Å². The van der Waals surface area contributed by atoms with E-state index in [1.165, 1.54) is 0 Å². The summed E-state index contributed by atoms with van der Waals surface area (Å²) in [4.78, 5) is 19.4. The molecule has 2 aromatic heterocycles. The molecule has 1 aliphatic rings. The smallest absolute Gasteiger partial charge is 0.273 e. The number of fused-ring (bicyclic) bond motifs is 2. The predicted molar refractivity (Wildman–Crippen MR) is 97.7 cm³/mol. The molecule has 1 amide bonds. The number of carbonyl (C=O) groups excluding carboxylic acids is 1. The topological polar surface area (TPSA) is 100.0 Å². The molecule has 4 rings (SSSR count). The van der Waals surface area contributed by atoms with Gasteiger partial charge in [-0.05, 0) is 32.0 Å². The first kappa shape index (κ1) is 17.2. The molecular formula is C19H20N6O2. The second kappa shape index (κ2) is 6.21. The highest BCUT2D eigenvalue weighted by Crippen LogP contribution is 2.28. The lowest BCUT2D eigenvalue weighted by molar-refractivity contribution is 0.0669. The molecule has 1 aromatic carbocycles. The summed E-state index contributed by atoms with van der Waals surface area (Å²) >= 11 is 0. The second-order valence-electron chi connectivity index (χ2n) is 7.00. The van der Waals surface area contributed by atoms with Crippen LogP contribution in [0.1, 0.15) is 53.6 Å². The Hall–Kier alpha value is -3.18. The molecule has 8 heteroatoms. The lowest BCUT2D eigenvalue weighted by Gasteiger charge is -2.34. The van der Waals surface area contributed by atoms with Crippen molar-refractivity contribution in [3.05, 3.63) is 47.2 Å². The Morgan fingerprint density at radius 2 is 2.22 bits per heavy atom. The number of amides is 1. The Morgan fingerprint density at radius 1 is 1.44 bits per heavy atom. The summed E-state index contributed by atoms with van der Waals surface area (Å²) in [5.41, 5.74) is 2.55. The summed E-state index contributed by atoms with van der Waals surface area (Å²) in [7, 11) is 1.74. The molecule has 27 heavy (non-hydrogen) atoms. The van der Waals surface area contributed by atoms with Crippen LogP contribution in [0, 0.1) is 11.3 Å². The van der Waals surface area contributed by atoms with Crippen LogP contribution in [0.5, 0.6) is 0 Å². The standard InChI is InChI=1S/C19H20N6O2/c1-11-9-24(10-14-8-21-18(12(2)26)25(11)14)19(27)17-15-5-4-13(7-20)6-16(15)22-23(17)3/h4-6,8,11-12,26H,9-10H2,1-3H3/t11-,12+/m0/s1. The van der Waals surface area contributed by atoms with E-state index in [1.54, 1.807) is 47.9 Å². The van der Waals surface area contributed by atoms with Gasteiger partial charge in [0, 0.05) is 19.0 Å². The van der Waals surface area contributed by atoms with Crippen molar-refractivity contribution in [2.24, 2.45) is 7.05 Å². The van der Waals surface area contributed by atoms with Gasteiger partial charge in [0.05, 0.1) is 41.6 Å². The molecule has 0 spiro atoms. The molecular weight excluding hydrogens is 344 g/mol. The summed E-state index contributed by atoms with van der Waals surface area (Å²) in [6.45, 7) is 4.64. The molecule has 0 bridgehead atoms. The number of aliphatic hydroxyl groups is 1. The van der Waals surface area contributed by atoms with Crippen molar-refractivity contribution >= 4 is 16.8 Å². The maximum absolute atomic E-state index is 13.3. The minimum Gasteiger partial charge on any atom is -0.385 e. The highest BCUT2D eigenvalue weighted by atomic mass is 16.3. The molecule has 8 nitrogen and oxygen atoms in total. The van der Waals surface area contributed by atoms with E-state index in [4.69, 9.17) is 5.26 Å². The van der Waals surface area contributed by atoms with Gasteiger partial charge in [0.15, 0.2) is 0 Å². The van der Waals surface area contributed by atoms with Gasteiger partial charge in [-0.1, -0.05) is 0 Å². The summed E-state index contributed by atoms with van der Waals surface area (Å²) in [5.74, 6) is 0.516. The third kappa shape index (κ3) is 2.67. The summed E-state index contributed by atoms with van der Waals surface area (Å²) in [5, 5.41) is 24.1. The largest absolute Gasteiger partial charge is 0.385 e. The lowest BCUT2D eigenvalue weighted by Crippen LogP contribution is -2.41. The van der Waals surface area contributed by atoms with E-state index in [0.717, 1.165) is 11.1 Å². The van der Waals surface area contributed by atoms with Crippen LogP contribution < -0.4 is 0 Å². The molecule has 1 N–H and O–H groups in total. The van der Waals surface area contributed by atoms with Crippen molar-refractivity contribution in [3.8, 4) is 6.07 Å². The number of hydrogen-bond acceptors (Lipinski definition) is 5. The van der Waals surface area contributed by atoms with Crippen molar-refractivity contribution in [1.82, 2.24) is 24.2 Å². The summed E-state index contributed by atoms with van der Waals surface area (Å²) in [6.07, 6.45) is 1.07. The number of carbonyl (C=O) groups is 1. The van der Waals surface area contributed by atoms with Gasteiger partial charge in [-0.2, -0.15) is 10.4 Å². The Morgan fingerprint density at radius 3 is 2.93 bits per heavy atom. The number of aryl methyl sites for hydroxylation is 1. The van der Waals surface area contributed by atoms with Crippen LogP contribution in [0.15, 0.2) is 24.4 Å². The molecule has 0 saturated heterocycles. The van der Waals surface area contributed by atoms with Crippen LogP contribution in [0.3, 0.4) is 0 Å². The molecule has 2 atom stereocenters. The number of aromatic nitrogens is 4. The quantitative estimate of drug-likeness (QED) is 0.749. The summed E-state index contributed by atoms with van der Waals surface area (Å²) < 4.78 is 3.58. The van der Waals surface area contributed by atoms with Crippen LogP contribution in [-0.4, -0.2) is 41.8 Å². The number of aliphatic hydroxyl groups excluding tert-OH is 1. The fraction of sp³-hybridized carbons (Fsp3) is 0.368. The lowest BCUT2D eigenvalue weighted by atomic mass is 10.1. The second-order valence-corrected chi connectivity index (χ2v) is 7.00. The maximum atomic E-state index is 13.3. The van der Waals surface area contributed by atoms with E-state index >= 15 is 0 Å². The van der Waals surface area contributed by atoms with Crippen molar-refractivity contribution < 1.29 is 9.90 Å². The first-order valence-electron chi connectivity index (χ1n) is 8.81. The Labute approximate surface area is 156 Å². The van der Waals surface area contributed by atoms with E-state index in [0.29, 0.717) is 35.7 Å². The van der Waals surface area contributed by atoms with Gasteiger partial charge in [-0.15, -0.1) is 0 Å². The van der Waals surface area contributed by atoms with Gasteiger partial charge in [0.25, 0.3) is 5.91 Å². The van der Waals surface area contributed by atoms with Gasteiger partial charge >= 0.3 is 0 Å². The molecule has 0 radical (unpaired) electrons. The van der Waals surface area contributed by atoms with Crippen LogP contribution in [0.25, 0.3) is 10.9 Å². The zero-order chi connectivity index (χ0) is 19.3. The number of imidazole rings is 1. The van der Waals surface area contributed by atoms with Gasteiger partial charge in [-0.3, -0.25) is 9.48 Å². The van der Waals surface area contributed by atoms with Crippen molar-refractivity contribution in [2.75, 3.05) is 6.54 Å². The number of nitriles is 1. The van der Waals surface area contributed by atoms with Crippen molar-refractivity contribution in [3.63, 3.8) is 0 Å². The van der Waals surface area contributed by atoms with Gasteiger partial charge in [0.2, 0.25) is 0 Å². The third-order valence-corrected chi connectivity index (χ3v) is 5.01. The maximum Gasteiger partial charge on any atom is 0.273 e. The molecule has 0 aliphatic carbocycles. The summed E-state index contributed by atoms with van der Waals surface area (Å²) in [6, 6.07) is 7.27. The van der Waals surface area contributed by atoms with Crippen molar-refractivity contribution in [1.29, 1.82) is 5.26 Å². The first-order valence-corrected chi connectivity index (χ1v) is 8.81. The van der Waals surface area contributed by atoms with Gasteiger partial charge in [-0.25, -0.2) is 4.98 Å². The van der Waals surface area contributed by atoms with E-state index in [2.05, 4.69) is 16.2 Å². The molecule has 1 aliphatic heterocycles. The van der Waals surface area contributed by atoms with Gasteiger partial charge in [0.1, 0.15) is 17.6 Å². The average Bonchev–Trinajstić information content (AvgIpc) is 3.21. The van der Waals surface area contributed by atoms with Crippen molar-refractivity contribution in [2.45, 2.75) is 32.5 Å². The Kier molecular flexibility index (Phi) is 3.97. The van der Waals surface area contributed by atoms with Crippen LogP contribution in [-0.2, 0) is 13.6 Å². The third-order valence-electron chi connectivity index (χ3n) is 5.01. The fourth-order valence-electron chi connectivity index (χ4n) is 3.84. The van der Waals surface area contributed by atoms with E-state index in [-0.39, 0.29) is 11.9 Å². The van der Waals surface area contributed by atoms with Crippen LogP contribution in [0.2, 0.25) is 0 Å². The monoisotopic (exact) mass is 364 g/mol.